The van der Waals surface area contributed by atoms with Crippen molar-refractivity contribution in [1.29, 1.82) is 0 Å². The second kappa shape index (κ2) is 5.18. The lowest BCUT2D eigenvalue weighted by atomic mass is 10.1. The molecule has 0 heterocycles. The van der Waals surface area contributed by atoms with Crippen molar-refractivity contribution in [1.82, 2.24) is 0 Å². The summed E-state index contributed by atoms with van der Waals surface area (Å²) in [6.07, 6.45) is 2.21. The minimum atomic E-state index is 0.623. The first-order chi connectivity index (χ1) is 9.15. The molecule has 0 saturated heterocycles. The molecule has 3 heteroatoms. The normalized spacial score (nSPS) is 17.3. The van der Waals surface area contributed by atoms with Gasteiger partial charge in [0.1, 0.15) is 5.75 Å². The van der Waals surface area contributed by atoms with E-state index in [9.17, 15) is 0 Å². The van der Waals surface area contributed by atoms with Gasteiger partial charge in [0.2, 0.25) is 0 Å². The Labute approximate surface area is 126 Å². The number of fused-ring (bicyclic) bond motifs is 1. The molecule has 0 saturated carbocycles. The van der Waals surface area contributed by atoms with Gasteiger partial charge in [0.15, 0.2) is 5.75 Å². The lowest BCUT2D eigenvalue weighted by Gasteiger charge is -2.13. The number of hydrogen-bond acceptors (Lipinski definition) is 1. The van der Waals surface area contributed by atoms with Gasteiger partial charge in [0.25, 0.3) is 0 Å². The Hall–Kier alpha value is -0.990. The Bertz CT molecular complexity index is 604. The second-order valence-electron chi connectivity index (χ2n) is 5.06. The smallest absolute Gasteiger partial charge is 0.160 e. The van der Waals surface area contributed by atoms with Crippen LogP contribution in [0.1, 0.15) is 18.1 Å². The molecule has 1 aliphatic carbocycles. The molecule has 98 valence electrons. The van der Waals surface area contributed by atoms with Crippen LogP contribution in [0.4, 0.5) is 0 Å². The number of benzene rings is 2. The minimum absolute atomic E-state index is 0.623. The van der Waals surface area contributed by atoms with Gasteiger partial charge in [-0.25, -0.2) is 0 Å². The van der Waals surface area contributed by atoms with Gasteiger partial charge in [-0.05, 0) is 64.0 Å². The maximum absolute atomic E-state index is 6.20. The summed E-state index contributed by atoms with van der Waals surface area (Å²) in [5.41, 5.74) is 2.72. The molecule has 2 aromatic carbocycles. The van der Waals surface area contributed by atoms with Crippen molar-refractivity contribution in [3.05, 3.63) is 57.0 Å². The molecule has 0 bridgehead atoms. The zero-order valence-electron chi connectivity index (χ0n) is 10.6. The summed E-state index contributed by atoms with van der Waals surface area (Å²) >= 11 is 9.69. The van der Waals surface area contributed by atoms with Crippen LogP contribution in [0, 0.1) is 5.92 Å². The average Bonchev–Trinajstić information content (AvgIpc) is 2.75. The Balaban J connectivity index is 1.99. The van der Waals surface area contributed by atoms with Gasteiger partial charge < -0.3 is 4.74 Å². The second-order valence-corrected chi connectivity index (χ2v) is 6.32. The third-order valence-corrected chi connectivity index (χ3v) is 4.40. The standard InChI is InChI=1S/C16H14BrClO/c1-10-8-11-4-2-7-15(12(11)9-10)19-16-13(17)5-3-6-14(16)18/h2-7,10H,8-9H2,1H3/t10-/m0/s1. The average molecular weight is 338 g/mol. The zero-order chi connectivity index (χ0) is 13.4. The molecule has 0 N–H and O–H groups in total. The molecule has 2 aromatic rings. The van der Waals surface area contributed by atoms with E-state index < -0.39 is 0 Å². The fourth-order valence-electron chi connectivity index (χ4n) is 2.62. The van der Waals surface area contributed by atoms with Crippen molar-refractivity contribution in [3.8, 4) is 11.5 Å². The number of halogens is 2. The van der Waals surface area contributed by atoms with Gasteiger partial charge in [0.05, 0.1) is 9.50 Å². The molecule has 1 atom stereocenters. The van der Waals surface area contributed by atoms with Gasteiger partial charge in [0, 0.05) is 0 Å². The highest BCUT2D eigenvalue weighted by Crippen LogP contribution is 2.40. The monoisotopic (exact) mass is 336 g/mol. The molecule has 0 radical (unpaired) electrons. The lowest BCUT2D eigenvalue weighted by molar-refractivity contribution is 0.472. The lowest BCUT2D eigenvalue weighted by Crippen LogP contribution is -1.93. The Kier molecular flexibility index (Phi) is 3.55. The van der Waals surface area contributed by atoms with Gasteiger partial charge in [-0.3, -0.25) is 0 Å². The summed E-state index contributed by atoms with van der Waals surface area (Å²) in [4.78, 5) is 0. The Morgan fingerprint density at radius 2 is 1.95 bits per heavy atom. The molecule has 19 heavy (non-hydrogen) atoms. The van der Waals surface area contributed by atoms with Gasteiger partial charge in [-0.1, -0.05) is 36.7 Å². The summed E-state index contributed by atoms with van der Waals surface area (Å²) in [7, 11) is 0. The molecule has 0 aliphatic heterocycles. The zero-order valence-corrected chi connectivity index (χ0v) is 13.0. The van der Waals surface area contributed by atoms with Crippen molar-refractivity contribution in [2.75, 3.05) is 0 Å². The van der Waals surface area contributed by atoms with Crippen LogP contribution in [0.25, 0.3) is 0 Å². The van der Waals surface area contributed by atoms with E-state index in [4.69, 9.17) is 16.3 Å². The molecular weight excluding hydrogens is 324 g/mol. The van der Waals surface area contributed by atoms with Crippen LogP contribution in [-0.2, 0) is 12.8 Å². The van der Waals surface area contributed by atoms with Gasteiger partial charge in [-0.15, -0.1) is 0 Å². The fourth-order valence-corrected chi connectivity index (χ4v) is 3.39. The third-order valence-electron chi connectivity index (χ3n) is 3.48. The van der Waals surface area contributed by atoms with E-state index in [0.717, 1.165) is 23.1 Å². The highest BCUT2D eigenvalue weighted by atomic mass is 79.9. The molecular formula is C16H14BrClO. The predicted molar refractivity (Wildman–Crippen MR) is 82.2 cm³/mol. The topological polar surface area (TPSA) is 9.23 Å². The van der Waals surface area contributed by atoms with Crippen LogP contribution in [0.15, 0.2) is 40.9 Å². The summed E-state index contributed by atoms with van der Waals surface area (Å²) in [6, 6.07) is 11.9. The van der Waals surface area contributed by atoms with Crippen molar-refractivity contribution in [3.63, 3.8) is 0 Å². The largest absolute Gasteiger partial charge is 0.454 e. The van der Waals surface area contributed by atoms with Crippen molar-refractivity contribution < 1.29 is 4.74 Å². The van der Waals surface area contributed by atoms with Gasteiger partial charge >= 0.3 is 0 Å². The third kappa shape index (κ3) is 2.52. The summed E-state index contributed by atoms with van der Waals surface area (Å²) in [5.74, 6) is 2.31. The first kappa shape index (κ1) is 13.0. The highest BCUT2D eigenvalue weighted by Gasteiger charge is 2.22. The molecule has 0 amide bonds. The van der Waals surface area contributed by atoms with E-state index in [2.05, 4.69) is 35.0 Å². The van der Waals surface area contributed by atoms with E-state index in [1.165, 1.54) is 11.1 Å². The first-order valence-corrected chi connectivity index (χ1v) is 7.55. The van der Waals surface area contributed by atoms with E-state index in [-0.39, 0.29) is 0 Å². The molecule has 1 aliphatic rings. The quantitative estimate of drug-likeness (QED) is 0.690. The number of hydrogen-bond donors (Lipinski definition) is 0. The molecule has 3 rings (SSSR count). The Morgan fingerprint density at radius 3 is 2.74 bits per heavy atom. The highest BCUT2D eigenvalue weighted by molar-refractivity contribution is 9.10. The van der Waals surface area contributed by atoms with Crippen molar-refractivity contribution >= 4 is 27.5 Å². The molecule has 0 fully saturated rings. The maximum Gasteiger partial charge on any atom is 0.160 e. The summed E-state index contributed by atoms with van der Waals surface area (Å²) in [6.45, 7) is 2.27. The van der Waals surface area contributed by atoms with Crippen LogP contribution in [-0.4, -0.2) is 0 Å². The van der Waals surface area contributed by atoms with Crippen LogP contribution in [0.5, 0.6) is 11.5 Å². The molecule has 0 spiro atoms. The minimum Gasteiger partial charge on any atom is -0.454 e. The number of para-hydroxylation sites is 1. The Morgan fingerprint density at radius 1 is 1.16 bits per heavy atom. The SMILES string of the molecule is C[C@H]1Cc2cccc(Oc3c(Cl)cccc3Br)c2C1. The first-order valence-electron chi connectivity index (χ1n) is 6.38. The van der Waals surface area contributed by atoms with E-state index in [1.807, 2.05) is 24.3 Å². The molecule has 1 nitrogen and oxygen atoms in total. The van der Waals surface area contributed by atoms with Crippen LogP contribution >= 0.6 is 27.5 Å². The maximum atomic E-state index is 6.20. The number of rotatable bonds is 2. The number of ether oxygens (including phenoxy) is 1. The molecule has 0 unspecified atom stereocenters. The van der Waals surface area contributed by atoms with Crippen molar-refractivity contribution in [2.24, 2.45) is 5.92 Å². The van der Waals surface area contributed by atoms with E-state index in [0.29, 0.717) is 16.7 Å². The predicted octanol–water partition coefficient (Wildman–Crippen LogP) is 5.63. The van der Waals surface area contributed by atoms with Crippen LogP contribution in [0.3, 0.4) is 0 Å². The van der Waals surface area contributed by atoms with Crippen molar-refractivity contribution in [2.45, 2.75) is 19.8 Å². The fraction of sp³-hybridized carbons (Fsp3) is 0.250. The van der Waals surface area contributed by atoms with E-state index in [1.54, 1.807) is 0 Å². The van der Waals surface area contributed by atoms with Gasteiger partial charge in [-0.2, -0.15) is 0 Å². The summed E-state index contributed by atoms with van der Waals surface area (Å²) in [5, 5.41) is 0.623. The molecule has 0 aromatic heterocycles. The van der Waals surface area contributed by atoms with E-state index >= 15 is 0 Å². The van der Waals surface area contributed by atoms with Crippen LogP contribution < -0.4 is 4.74 Å². The van der Waals surface area contributed by atoms with Crippen LogP contribution in [0.2, 0.25) is 5.02 Å². The summed E-state index contributed by atoms with van der Waals surface area (Å²) < 4.78 is 6.93.